The lowest BCUT2D eigenvalue weighted by Crippen LogP contribution is -2.17. The first-order valence-electron chi connectivity index (χ1n) is 7.94. The summed E-state index contributed by atoms with van der Waals surface area (Å²) in [5, 5.41) is 7.67. The minimum absolute atomic E-state index is 0.0925. The second kappa shape index (κ2) is 5.38. The van der Waals surface area contributed by atoms with Gasteiger partial charge in [-0.15, -0.1) is 0 Å². The molecular formula is C17H23FN4. The molecule has 1 fully saturated rings. The van der Waals surface area contributed by atoms with E-state index < -0.39 is 5.95 Å². The minimum Gasteiger partial charge on any atom is -0.365 e. The highest BCUT2D eigenvalue weighted by atomic mass is 19.1. The van der Waals surface area contributed by atoms with Gasteiger partial charge >= 0.3 is 0 Å². The van der Waals surface area contributed by atoms with Crippen LogP contribution in [-0.2, 0) is 6.54 Å². The third-order valence-corrected chi connectivity index (χ3v) is 4.32. The van der Waals surface area contributed by atoms with Gasteiger partial charge in [-0.2, -0.15) is 9.49 Å². The molecule has 2 heterocycles. The molecule has 2 aromatic heterocycles. The Morgan fingerprint density at radius 2 is 2.09 bits per heavy atom. The van der Waals surface area contributed by atoms with Crippen molar-refractivity contribution in [3.05, 3.63) is 29.8 Å². The van der Waals surface area contributed by atoms with Gasteiger partial charge < -0.3 is 5.32 Å². The molecule has 4 nitrogen and oxygen atoms in total. The van der Waals surface area contributed by atoms with Crippen molar-refractivity contribution in [2.24, 2.45) is 0 Å². The highest BCUT2D eigenvalue weighted by Crippen LogP contribution is 2.38. The van der Waals surface area contributed by atoms with Crippen LogP contribution in [0.5, 0.6) is 0 Å². The van der Waals surface area contributed by atoms with Crippen molar-refractivity contribution in [3.8, 4) is 11.3 Å². The molecule has 0 atom stereocenters. The van der Waals surface area contributed by atoms with Crippen molar-refractivity contribution in [1.29, 1.82) is 0 Å². The van der Waals surface area contributed by atoms with Gasteiger partial charge in [-0.3, -0.25) is 4.68 Å². The van der Waals surface area contributed by atoms with Crippen LogP contribution in [0.15, 0.2) is 18.3 Å². The Hall–Kier alpha value is -1.91. The Morgan fingerprint density at radius 1 is 1.36 bits per heavy atom. The van der Waals surface area contributed by atoms with Crippen molar-refractivity contribution in [3.63, 3.8) is 0 Å². The highest BCUT2D eigenvalue weighted by molar-refractivity contribution is 5.65. The standard InChI is InChI=1S/C17H23FN4/c1-5-22-15(13(10-19-22)11(2)3)12-6-7-14(20-16(12)18)21-17(4)8-9-17/h6-7,10-11H,5,8-9H2,1-4H3,(H,20,21). The predicted octanol–water partition coefficient (Wildman–Crippen LogP) is 4.19. The molecule has 5 heteroatoms. The lowest BCUT2D eigenvalue weighted by atomic mass is 10.00. The van der Waals surface area contributed by atoms with Gasteiger partial charge in [-0.05, 0) is 44.7 Å². The summed E-state index contributed by atoms with van der Waals surface area (Å²) in [4.78, 5) is 4.11. The minimum atomic E-state index is -0.439. The third kappa shape index (κ3) is 2.72. The SMILES string of the molecule is CCn1ncc(C(C)C)c1-c1ccc(NC2(C)CC2)nc1F. The first-order chi connectivity index (χ1) is 10.4. The highest BCUT2D eigenvalue weighted by Gasteiger charge is 2.37. The van der Waals surface area contributed by atoms with Crippen LogP contribution < -0.4 is 5.32 Å². The second-order valence-corrected chi connectivity index (χ2v) is 6.64. The van der Waals surface area contributed by atoms with Crippen molar-refractivity contribution in [2.45, 2.75) is 58.5 Å². The van der Waals surface area contributed by atoms with E-state index in [1.165, 1.54) is 0 Å². The van der Waals surface area contributed by atoms with E-state index >= 15 is 0 Å². The number of aromatic nitrogens is 3. The molecule has 0 aromatic carbocycles. The molecule has 0 bridgehead atoms. The van der Waals surface area contributed by atoms with Crippen molar-refractivity contribution in [2.75, 3.05) is 5.32 Å². The topological polar surface area (TPSA) is 42.7 Å². The molecule has 1 N–H and O–H groups in total. The molecule has 0 radical (unpaired) electrons. The van der Waals surface area contributed by atoms with Crippen LogP contribution in [-0.4, -0.2) is 20.3 Å². The summed E-state index contributed by atoms with van der Waals surface area (Å²) in [6.45, 7) is 9.03. The molecule has 1 aliphatic carbocycles. The van der Waals surface area contributed by atoms with Gasteiger partial charge in [0.1, 0.15) is 5.82 Å². The maximum atomic E-state index is 14.6. The molecule has 2 aromatic rings. The normalized spacial score (nSPS) is 16.1. The first-order valence-corrected chi connectivity index (χ1v) is 7.94. The summed E-state index contributed by atoms with van der Waals surface area (Å²) < 4.78 is 16.4. The Balaban J connectivity index is 2.00. The lowest BCUT2D eigenvalue weighted by molar-refractivity contribution is 0.581. The van der Waals surface area contributed by atoms with Crippen LogP contribution in [0.1, 0.15) is 52.0 Å². The predicted molar refractivity (Wildman–Crippen MR) is 86.4 cm³/mol. The molecule has 1 aliphatic rings. The summed E-state index contributed by atoms with van der Waals surface area (Å²) in [6, 6.07) is 3.67. The van der Waals surface area contributed by atoms with Crippen LogP contribution in [0, 0.1) is 5.95 Å². The van der Waals surface area contributed by atoms with Gasteiger partial charge in [-0.1, -0.05) is 13.8 Å². The lowest BCUT2D eigenvalue weighted by Gasteiger charge is -2.14. The zero-order valence-corrected chi connectivity index (χ0v) is 13.7. The number of hydrogen-bond acceptors (Lipinski definition) is 3. The smallest absolute Gasteiger partial charge is 0.224 e. The maximum Gasteiger partial charge on any atom is 0.224 e. The summed E-state index contributed by atoms with van der Waals surface area (Å²) >= 11 is 0. The third-order valence-electron chi connectivity index (χ3n) is 4.32. The van der Waals surface area contributed by atoms with E-state index in [0.29, 0.717) is 17.9 Å². The van der Waals surface area contributed by atoms with Gasteiger partial charge in [0.25, 0.3) is 0 Å². The van der Waals surface area contributed by atoms with Crippen molar-refractivity contribution >= 4 is 5.82 Å². The van der Waals surface area contributed by atoms with Gasteiger partial charge in [-0.25, -0.2) is 4.98 Å². The Labute approximate surface area is 130 Å². The number of pyridine rings is 1. The van der Waals surface area contributed by atoms with E-state index in [9.17, 15) is 4.39 Å². The number of rotatable bonds is 5. The fraction of sp³-hybridized carbons (Fsp3) is 0.529. The summed E-state index contributed by atoms with van der Waals surface area (Å²) in [6.07, 6.45) is 4.05. The van der Waals surface area contributed by atoms with Crippen LogP contribution >= 0.6 is 0 Å². The molecule has 0 unspecified atom stereocenters. The van der Waals surface area contributed by atoms with E-state index in [2.05, 4.69) is 36.2 Å². The van der Waals surface area contributed by atoms with E-state index in [-0.39, 0.29) is 11.5 Å². The molecule has 0 saturated heterocycles. The Bertz CT molecular complexity index is 686. The van der Waals surface area contributed by atoms with Crippen molar-refractivity contribution in [1.82, 2.24) is 14.8 Å². The zero-order valence-electron chi connectivity index (χ0n) is 13.7. The molecule has 118 valence electrons. The summed E-state index contributed by atoms with van der Waals surface area (Å²) in [5.74, 6) is 0.458. The zero-order chi connectivity index (χ0) is 15.9. The fourth-order valence-electron chi connectivity index (χ4n) is 2.66. The molecular weight excluding hydrogens is 279 g/mol. The van der Waals surface area contributed by atoms with E-state index in [1.807, 2.05) is 29.9 Å². The molecule has 0 amide bonds. The average Bonchev–Trinajstić information content (AvgIpc) is 3.02. The average molecular weight is 302 g/mol. The molecule has 0 spiro atoms. The van der Waals surface area contributed by atoms with E-state index in [1.54, 1.807) is 0 Å². The Kier molecular flexibility index (Phi) is 3.67. The van der Waals surface area contributed by atoms with E-state index in [0.717, 1.165) is 24.1 Å². The van der Waals surface area contributed by atoms with Crippen molar-refractivity contribution < 1.29 is 4.39 Å². The van der Waals surface area contributed by atoms with Crippen LogP contribution in [0.25, 0.3) is 11.3 Å². The number of aryl methyl sites for hydroxylation is 1. The first kappa shape index (κ1) is 15.0. The van der Waals surface area contributed by atoms with Gasteiger partial charge in [0.15, 0.2) is 0 Å². The van der Waals surface area contributed by atoms with E-state index in [4.69, 9.17) is 0 Å². The molecule has 3 rings (SSSR count). The number of hydrogen-bond donors (Lipinski definition) is 1. The fourth-order valence-corrected chi connectivity index (χ4v) is 2.66. The summed E-state index contributed by atoms with van der Waals surface area (Å²) in [7, 11) is 0. The molecule has 22 heavy (non-hydrogen) atoms. The van der Waals surface area contributed by atoms with Crippen LogP contribution in [0.2, 0.25) is 0 Å². The molecule has 1 saturated carbocycles. The number of anilines is 1. The van der Waals surface area contributed by atoms with Gasteiger partial charge in [0.05, 0.1) is 17.5 Å². The summed E-state index contributed by atoms with van der Waals surface area (Å²) in [5.41, 5.74) is 2.51. The van der Waals surface area contributed by atoms with Crippen LogP contribution in [0.3, 0.4) is 0 Å². The second-order valence-electron chi connectivity index (χ2n) is 6.64. The maximum absolute atomic E-state index is 14.6. The Morgan fingerprint density at radius 3 is 2.64 bits per heavy atom. The number of nitrogens with zero attached hydrogens (tertiary/aromatic N) is 3. The quantitative estimate of drug-likeness (QED) is 0.842. The van der Waals surface area contributed by atoms with Crippen LogP contribution in [0.4, 0.5) is 10.2 Å². The largest absolute Gasteiger partial charge is 0.365 e. The monoisotopic (exact) mass is 302 g/mol. The van der Waals surface area contributed by atoms with Gasteiger partial charge in [0.2, 0.25) is 5.95 Å². The number of nitrogens with one attached hydrogen (secondary N) is 1. The number of halogens is 1. The molecule has 0 aliphatic heterocycles. The van der Waals surface area contributed by atoms with Gasteiger partial charge in [0, 0.05) is 17.6 Å².